The van der Waals surface area contributed by atoms with Crippen molar-refractivity contribution in [2.24, 2.45) is 0 Å². The van der Waals surface area contributed by atoms with Gasteiger partial charge in [-0.25, -0.2) is 0 Å². The molecule has 0 spiro atoms. The lowest BCUT2D eigenvalue weighted by atomic mass is 10.1. The fourth-order valence-electron chi connectivity index (χ4n) is 2.56. The average Bonchev–Trinajstić information content (AvgIpc) is 2.75. The van der Waals surface area contributed by atoms with E-state index in [-0.39, 0.29) is 11.8 Å². The molecule has 0 aromatic heterocycles. The first-order valence-corrected chi connectivity index (χ1v) is 9.63. The van der Waals surface area contributed by atoms with Gasteiger partial charge in [-0.2, -0.15) is 0 Å². The van der Waals surface area contributed by atoms with E-state index in [1.54, 1.807) is 49.6 Å². The third-order valence-corrected chi connectivity index (χ3v) is 4.04. The van der Waals surface area contributed by atoms with E-state index in [0.29, 0.717) is 55.5 Å². The Morgan fingerprint density at radius 2 is 1.69 bits per heavy atom. The molecule has 0 saturated heterocycles. The SMILES string of the molecule is CCOCCOc1ccccc1C(=O)Nc1ccc(C(=O)NCCCOC)cc1. The largest absolute Gasteiger partial charge is 0.490 e. The van der Waals surface area contributed by atoms with Crippen LogP contribution in [0.4, 0.5) is 5.69 Å². The number of hydrogen-bond acceptors (Lipinski definition) is 5. The van der Waals surface area contributed by atoms with Crippen LogP contribution in [0.1, 0.15) is 34.1 Å². The first-order chi connectivity index (χ1) is 14.2. The zero-order chi connectivity index (χ0) is 20.9. The maximum absolute atomic E-state index is 12.6. The number of carbonyl (C=O) groups is 2. The van der Waals surface area contributed by atoms with Gasteiger partial charge in [-0.3, -0.25) is 9.59 Å². The van der Waals surface area contributed by atoms with Crippen LogP contribution in [0.5, 0.6) is 5.75 Å². The summed E-state index contributed by atoms with van der Waals surface area (Å²) in [6.07, 6.45) is 0.752. The molecule has 0 atom stereocenters. The van der Waals surface area contributed by atoms with E-state index in [1.165, 1.54) is 0 Å². The highest BCUT2D eigenvalue weighted by Gasteiger charge is 2.13. The maximum Gasteiger partial charge on any atom is 0.259 e. The van der Waals surface area contributed by atoms with Crippen molar-refractivity contribution in [2.75, 3.05) is 45.4 Å². The molecule has 0 bridgehead atoms. The van der Waals surface area contributed by atoms with Crippen LogP contribution in [-0.2, 0) is 9.47 Å². The number of rotatable bonds is 12. The zero-order valence-corrected chi connectivity index (χ0v) is 16.9. The Balaban J connectivity index is 1.93. The van der Waals surface area contributed by atoms with E-state index in [1.807, 2.05) is 13.0 Å². The van der Waals surface area contributed by atoms with Crippen molar-refractivity contribution < 1.29 is 23.8 Å². The molecule has 0 fully saturated rings. The van der Waals surface area contributed by atoms with Crippen LogP contribution >= 0.6 is 0 Å². The second kappa shape index (κ2) is 12.5. The highest BCUT2D eigenvalue weighted by atomic mass is 16.5. The van der Waals surface area contributed by atoms with E-state index >= 15 is 0 Å². The molecule has 0 saturated carbocycles. The van der Waals surface area contributed by atoms with Gasteiger partial charge in [-0.05, 0) is 49.7 Å². The van der Waals surface area contributed by atoms with Crippen molar-refractivity contribution in [3.63, 3.8) is 0 Å². The van der Waals surface area contributed by atoms with Crippen LogP contribution in [0.3, 0.4) is 0 Å². The minimum Gasteiger partial charge on any atom is -0.490 e. The molecule has 0 heterocycles. The summed E-state index contributed by atoms with van der Waals surface area (Å²) in [5, 5.41) is 5.65. The standard InChI is InChI=1S/C22H28N2O5/c1-3-28-15-16-29-20-8-5-4-7-19(20)22(26)24-18-11-9-17(10-12-18)21(25)23-13-6-14-27-2/h4-5,7-12H,3,6,13-16H2,1-2H3,(H,23,25)(H,24,26). The molecule has 2 N–H and O–H groups in total. The number of ether oxygens (including phenoxy) is 3. The van der Waals surface area contributed by atoms with Gasteiger partial charge in [-0.1, -0.05) is 12.1 Å². The summed E-state index contributed by atoms with van der Waals surface area (Å²) in [6, 6.07) is 13.8. The number of methoxy groups -OCH3 is 1. The Morgan fingerprint density at radius 1 is 0.931 bits per heavy atom. The highest BCUT2D eigenvalue weighted by Crippen LogP contribution is 2.20. The molecule has 7 heteroatoms. The van der Waals surface area contributed by atoms with E-state index in [0.717, 1.165) is 6.42 Å². The maximum atomic E-state index is 12.6. The van der Waals surface area contributed by atoms with Gasteiger partial charge < -0.3 is 24.8 Å². The number of anilines is 1. The average molecular weight is 400 g/mol. The fourth-order valence-corrected chi connectivity index (χ4v) is 2.56. The number of carbonyl (C=O) groups excluding carboxylic acids is 2. The number of para-hydroxylation sites is 1. The van der Waals surface area contributed by atoms with Crippen LogP contribution in [0, 0.1) is 0 Å². The summed E-state index contributed by atoms with van der Waals surface area (Å²) in [5.74, 6) is 0.0533. The predicted molar refractivity (Wildman–Crippen MR) is 112 cm³/mol. The Bertz CT molecular complexity index is 777. The van der Waals surface area contributed by atoms with E-state index in [2.05, 4.69) is 10.6 Å². The van der Waals surface area contributed by atoms with Crippen LogP contribution in [0.25, 0.3) is 0 Å². The van der Waals surface area contributed by atoms with Crippen molar-refractivity contribution in [2.45, 2.75) is 13.3 Å². The Kier molecular flexibility index (Phi) is 9.68. The van der Waals surface area contributed by atoms with Gasteiger partial charge in [0.25, 0.3) is 11.8 Å². The van der Waals surface area contributed by atoms with E-state index in [4.69, 9.17) is 14.2 Å². The third-order valence-electron chi connectivity index (χ3n) is 4.04. The highest BCUT2D eigenvalue weighted by molar-refractivity contribution is 6.06. The van der Waals surface area contributed by atoms with Gasteiger partial charge in [0, 0.05) is 38.1 Å². The quantitative estimate of drug-likeness (QED) is 0.535. The van der Waals surface area contributed by atoms with Gasteiger partial charge in [0.2, 0.25) is 0 Å². The first kappa shape index (κ1) is 22.4. The number of hydrogen-bond donors (Lipinski definition) is 2. The molecule has 2 amide bonds. The molecule has 29 heavy (non-hydrogen) atoms. The Labute approximate surface area is 171 Å². The fraction of sp³-hybridized carbons (Fsp3) is 0.364. The molecule has 156 valence electrons. The molecule has 0 aliphatic heterocycles. The molecular weight excluding hydrogens is 372 g/mol. The van der Waals surface area contributed by atoms with Crippen LogP contribution in [0.2, 0.25) is 0 Å². The van der Waals surface area contributed by atoms with Crippen molar-refractivity contribution in [1.82, 2.24) is 5.32 Å². The van der Waals surface area contributed by atoms with Crippen molar-refractivity contribution in [3.8, 4) is 5.75 Å². The molecule has 0 unspecified atom stereocenters. The van der Waals surface area contributed by atoms with Gasteiger partial charge >= 0.3 is 0 Å². The molecule has 2 rings (SSSR count). The van der Waals surface area contributed by atoms with Gasteiger partial charge in [-0.15, -0.1) is 0 Å². The summed E-state index contributed by atoms with van der Waals surface area (Å²) in [4.78, 5) is 24.7. The normalized spacial score (nSPS) is 10.4. The first-order valence-electron chi connectivity index (χ1n) is 9.63. The molecule has 2 aromatic rings. The van der Waals surface area contributed by atoms with Crippen molar-refractivity contribution in [3.05, 3.63) is 59.7 Å². The lowest BCUT2D eigenvalue weighted by molar-refractivity contribution is 0.0948. The van der Waals surface area contributed by atoms with E-state index < -0.39 is 0 Å². The van der Waals surface area contributed by atoms with E-state index in [9.17, 15) is 9.59 Å². The summed E-state index contributed by atoms with van der Waals surface area (Å²) in [5.41, 5.74) is 1.55. The summed E-state index contributed by atoms with van der Waals surface area (Å²) in [7, 11) is 1.63. The molecule has 0 aliphatic carbocycles. The van der Waals surface area contributed by atoms with Gasteiger partial charge in [0.15, 0.2) is 0 Å². The summed E-state index contributed by atoms with van der Waals surface area (Å²) < 4.78 is 15.9. The predicted octanol–water partition coefficient (Wildman–Crippen LogP) is 3.12. The topological polar surface area (TPSA) is 85.9 Å². The lowest BCUT2D eigenvalue weighted by Gasteiger charge is -2.12. The summed E-state index contributed by atoms with van der Waals surface area (Å²) >= 11 is 0. The van der Waals surface area contributed by atoms with Crippen LogP contribution < -0.4 is 15.4 Å². The number of benzene rings is 2. The summed E-state index contributed by atoms with van der Waals surface area (Å²) in [6.45, 7) is 4.51. The monoisotopic (exact) mass is 400 g/mol. The minimum absolute atomic E-state index is 0.160. The molecule has 2 aromatic carbocycles. The van der Waals surface area contributed by atoms with Crippen LogP contribution in [0.15, 0.2) is 48.5 Å². The molecular formula is C22H28N2O5. The Morgan fingerprint density at radius 3 is 2.41 bits per heavy atom. The molecule has 0 radical (unpaired) electrons. The lowest BCUT2D eigenvalue weighted by Crippen LogP contribution is -2.25. The van der Waals surface area contributed by atoms with Crippen molar-refractivity contribution in [1.29, 1.82) is 0 Å². The minimum atomic E-state index is -0.284. The second-order valence-electron chi connectivity index (χ2n) is 6.18. The van der Waals surface area contributed by atoms with Gasteiger partial charge in [0.05, 0.1) is 12.2 Å². The number of nitrogens with one attached hydrogen (secondary N) is 2. The van der Waals surface area contributed by atoms with Gasteiger partial charge in [0.1, 0.15) is 12.4 Å². The zero-order valence-electron chi connectivity index (χ0n) is 16.9. The Hall–Kier alpha value is -2.90. The third kappa shape index (κ3) is 7.56. The molecule has 7 nitrogen and oxygen atoms in total. The van der Waals surface area contributed by atoms with Crippen LogP contribution in [-0.4, -0.2) is 51.9 Å². The van der Waals surface area contributed by atoms with Crippen molar-refractivity contribution >= 4 is 17.5 Å². The molecule has 0 aliphatic rings. The second-order valence-corrected chi connectivity index (χ2v) is 6.18. The smallest absolute Gasteiger partial charge is 0.259 e. The number of amides is 2.